The highest BCUT2D eigenvalue weighted by molar-refractivity contribution is 7.90. The second-order valence-electron chi connectivity index (χ2n) is 14.3. The molecule has 0 unspecified atom stereocenters. The molecule has 0 aliphatic heterocycles. The Morgan fingerprint density at radius 1 is 0.821 bits per heavy atom. The van der Waals surface area contributed by atoms with Crippen molar-refractivity contribution < 1.29 is 37.1 Å². The highest BCUT2D eigenvalue weighted by Gasteiger charge is 2.31. The Labute approximate surface area is 334 Å². The van der Waals surface area contributed by atoms with Crippen molar-refractivity contribution in [3.05, 3.63) is 94.5 Å². The van der Waals surface area contributed by atoms with Crippen molar-refractivity contribution in [2.75, 3.05) is 19.5 Å². The average Bonchev–Trinajstić information content (AvgIpc) is 3.13. The predicted molar refractivity (Wildman–Crippen MR) is 216 cm³/mol. The number of Topliss-reactive ketones (excluding diaryl/α,β-unsaturated/α-hetero) is 1. The number of nitrogens with two attached hydrogens (primary N) is 1. The molecule has 3 amide bonds. The van der Waals surface area contributed by atoms with Gasteiger partial charge in [0.2, 0.25) is 17.8 Å². The second-order valence-corrected chi connectivity index (χ2v) is 16.2. The molecule has 0 saturated carbocycles. The molecule has 0 spiro atoms. The maximum atomic E-state index is 13.9. The third-order valence-electron chi connectivity index (χ3n) is 8.68. The van der Waals surface area contributed by atoms with Crippen molar-refractivity contribution in [2.45, 2.75) is 95.8 Å². The largest absolute Gasteiger partial charge is 0.496 e. The van der Waals surface area contributed by atoms with Crippen LogP contribution in [0.1, 0.15) is 61.4 Å². The van der Waals surface area contributed by atoms with Gasteiger partial charge in [0.05, 0.1) is 23.9 Å². The van der Waals surface area contributed by atoms with Gasteiger partial charge < -0.3 is 31.2 Å². The van der Waals surface area contributed by atoms with E-state index in [-0.39, 0.29) is 43.1 Å². The number of ether oxygens (including phenoxy) is 2. The van der Waals surface area contributed by atoms with Gasteiger partial charge in [-0.05, 0) is 88.3 Å². The molecule has 14 nitrogen and oxygen atoms in total. The van der Waals surface area contributed by atoms with Gasteiger partial charge in [-0.15, -0.1) is 11.6 Å². The van der Waals surface area contributed by atoms with Crippen molar-refractivity contribution >= 4 is 51.3 Å². The average molecular weight is 813 g/mol. The fourth-order valence-electron chi connectivity index (χ4n) is 5.88. The van der Waals surface area contributed by atoms with Crippen LogP contribution in [0, 0.1) is 20.8 Å². The maximum Gasteiger partial charge on any atom is 0.408 e. The van der Waals surface area contributed by atoms with Crippen LogP contribution in [0.25, 0.3) is 0 Å². The Morgan fingerprint density at radius 3 is 1.84 bits per heavy atom. The van der Waals surface area contributed by atoms with Crippen LogP contribution in [-0.2, 0) is 42.0 Å². The summed E-state index contributed by atoms with van der Waals surface area (Å²) >= 11 is 5.93. The SMILES string of the molecule is COc1cc(C)c(S(=O)(=O)NC(N)=NCCC[C@H](NC(=O)[C@H](Cc2ccccc2)NC(=O)[C@H](Cc2ccccc2)NC(=O)OC(C)(C)C)C(=O)CCl)c(C)c1C. The summed E-state index contributed by atoms with van der Waals surface area (Å²) in [5.41, 5.74) is 8.29. The number of carbonyl (C=O) groups excluding carboxylic acids is 4. The molecule has 0 bridgehead atoms. The van der Waals surface area contributed by atoms with Crippen LogP contribution in [0.15, 0.2) is 76.6 Å². The van der Waals surface area contributed by atoms with Crippen LogP contribution in [-0.4, -0.2) is 81.3 Å². The first kappa shape index (κ1) is 45.2. The highest BCUT2D eigenvalue weighted by Crippen LogP contribution is 2.30. The van der Waals surface area contributed by atoms with Crippen molar-refractivity contribution in [3.8, 4) is 5.75 Å². The molecular formula is C40H53ClN6O8S. The molecule has 0 aliphatic carbocycles. The zero-order valence-corrected chi connectivity index (χ0v) is 34.5. The number of ketones is 1. The van der Waals surface area contributed by atoms with E-state index < -0.39 is 63.3 Å². The van der Waals surface area contributed by atoms with Crippen LogP contribution < -0.4 is 31.1 Å². The minimum atomic E-state index is -4.09. The maximum absolute atomic E-state index is 13.9. The third-order valence-corrected chi connectivity index (χ3v) is 10.6. The van der Waals surface area contributed by atoms with Gasteiger partial charge >= 0.3 is 6.09 Å². The lowest BCUT2D eigenvalue weighted by Gasteiger charge is -2.26. The number of nitrogens with one attached hydrogen (secondary N) is 4. The van der Waals surface area contributed by atoms with Crippen LogP contribution >= 0.6 is 11.6 Å². The van der Waals surface area contributed by atoms with E-state index in [1.165, 1.54) is 7.11 Å². The molecule has 0 aromatic heterocycles. The number of rotatable bonds is 18. The number of halogens is 1. The molecule has 6 N–H and O–H groups in total. The van der Waals surface area contributed by atoms with Crippen LogP contribution in [0.4, 0.5) is 4.79 Å². The summed E-state index contributed by atoms with van der Waals surface area (Å²) in [5, 5.41) is 8.13. The lowest BCUT2D eigenvalue weighted by molar-refractivity contribution is -0.131. The number of hydrogen-bond donors (Lipinski definition) is 5. The lowest BCUT2D eigenvalue weighted by Crippen LogP contribution is -2.57. The summed E-state index contributed by atoms with van der Waals surface area (Å²) in [6.45, 7) is 10.2. The Balaban J connectivity index is 1.76. The molecular weight excluding hydrogens is 760 g/mol. The molecule has 0 saturated heterocycles. The summed E-state index contributed by atoms with van der Waals surface area (Å²) in [7, 11) is -2.59. The number of benzene rings is 3. The second kappa shape index (κ2) is 20.7. The third kappa shape index (κ3) is 13.9. The fourth-order valence-corrected chi connectivity index (χ4v) is 7.55. The number of aryl methyl sites for hydroxylation is 1. The molecule has 0 aliphatic rings. The van der Waals surface area contributed by atoms with Gasteiger partial charge in [0.15, 0.2) is 5.78 Å². The lowest BCUT2D eigenvalue weighted by atomic mass is 10.0. The summed E-state index contributed by atoms with van der Waals surface area (Å²) in [4.78, 5) is 57.7. The molecule has 0 radical (unpaired) electrons. The number of hydrogen-bond acceptors (Lipinski definition) is 9. The first-order valence-corrected chi connectivity index (χ1v) is 20.1. The van der Waals surface area contributed by atoms with E-state index >= 15 is 0 Å². The minimum absolute atomic E-state index is 0.0115. The number of amides is 3. The van der Waals surface area contributed by atoms with E-state index in [0.717, 1.165) is 11.1 Å². The van der Waals surface area contributed by atoms with E-state index in [9.17, 15) is 27.6 Å². The summed E-state index contributed by atoms with van der Waals surface area (Å²) in [6.07, 6.45) is -0.331. The highest BCUT2D eigenvalue weighted by atomic mass is 35.5. The molecule has 304 valence electrons. The summed E-state index contributed by atoms with van der Waals surface area (Å²) in [5.74, 6) is -1.96. The van der Waals surface area contributed by atoms with Crippen molar-refractivity contribution in [1.82, 2.24) is 20.7 Å². The smallest absolute Gasteiger partial charge is 0.408 e. The Kier molecular flexibility index (Phi) is 16.7. The summed E-state index contributed by atoms with van der Waals surface area (Å²) in [6, 6.07) is 16.3. The van der Waals surface area contributed by atoms with E-state index in [1.54, 1.807) is 84.0 Å². The van der Waals surface area contributed by atoms with E-state index in [4.69, 9.17) is 26.8 Å². The zero-order valence-electron chi connectivity index (χ0n) is 32.9. The standard InChI is InChI=1S/C40H53ClN6O8S/c1-25-21-34(54-7)26(2)27(3)35(25)56(52,53)47-38(42)43-20-14-19-30(33(48)24-41)44-36(49)31(22-28-15-10-8-11-16-28)45-37(50)32(23-29-17-12-9-13-18-29)46-39(51)55-40(4,5)6/h8-13,15-18,21,30-32H,14,19-20,22-24H2,1-7H3,(H,44,49)(H,45,50)(H,46,51)(H3,42,43,47)/t30-,31-,32-/m0/s1. The molecule has 3 rings (SSSR count). The zero-order chi connectivity index (χ0) is 41.6. The Hall–Kier alpha value is -5.15. The monoisotopic (exact) mass is 812 g/mol. The number of aliphatic imine (C=N–C) groups is 1. The van der Waals surface area contributed by atoms with E-state index in [1.807, 2.05) is 24.3 Å². The van der Waals surface area contributed by atoms with Crippen LogP contribution in [0.2, 0.25) is 0 Å². The number of sulfonamides is 1. The van der Waals surface area contributed by atoms with Gasteiger partial charge in [-0.1, -0.05) is 60.7 Å². The first-order valence-electron chi connectivity index (χ1n) is 18.1. The molecule has 56 heavy (non-hydrogen) atoms. The molecule has 3 aromatic carbocycles. The van der Waals surface area contributed by atoms with Gasteiger partial charge in [-0.2, -0.15) is 0 Å². The van der Waals surface area contributed by atoms with Crippen molar-refractivity contribution in [2.24, 2.45) is 10.7 Å². The molecule has 0 fully saturated rings. The Bertz CT molecular complexity index is 1970. The fraction of sp³-hybridized carbons (Fsp3) is 0.425. The van der Waals surface area contributed by atoms with Crippen LogP contribution in [0.5, 0.6) is 5.75 Å². The van der Waals surface area contributed by atoms with Gasteiger partial charge in [0.1, 0.15) is 23.4 Å². The van der Waals surface area contributed by atoms with Crippen LogP contribution in [0.3, 0.4) is 0 Å². The van der Waals surface area contributed by atoms with Gasteiger partial charge in [-0.25, -0.2) is 17.9 Å². The number of carbonyl (C=O) groups is 4. The predicted octanol–water partition coefficient (Wildman–Crippen LogP) is 4.15. The van der Waals surface area contributed by atoms with E-state index in [0.29, 0.717) is 22.4 Å². The number of guanidine groups is 1. The molecule has 3 aromatic rings. The number of nitrogens with zero attached hydrogens (tertiary/aromatic N) is 1. The topological polar surface area (TPSA) is 207 Å². The number of alkyl carbamates (subject to hydrolysis) is 1. The van der Waals surface area contributed by atoms with E-state index in [2.05, 4.69) is 25.7 Å². The number of alkyl halides is 1. The molecule has 0 heterocycles. The first-order chi connectivity index (χ1) is 26.3. The van der Waals surface area contributed by atoms with Gasteiger partial charge in [-0.3, -0.25) is 19.4 Å². The van der Waals surface area contributed by atoms with Crippen molar-refractivity contribution in [3.63, 3.8) is 0 Å². The minimum Gasteiger partial charge on any atom is -0.496 e. The summed E-state index contributed by atoms with van der Waals surface area (Å²) < 4.78 is 39.6. The van der Waals surface area contributed by atoms with Gasteiger partial charge in [0.25, 0.3) is 10.0 Å². The number of methoxy groups -OCH3 is 1. The normalized spacial score (nSPS) is 13.5. The molecule has 16 heteroatoms. The molecule has 3 atom stereocenters. The van der Waals surface area contributed by atoms with Crippen molar-refractivity contribution in [1.29, 1.82) is 0 Å². The van der Waals surface area contributed by atoms with Gasteiger partial charge in [0, 0.05) is 19.4 Å². The quantitative estimate of drug-likeness (QED) is 0.0541. The Morgan fingerprint density at radius 2 is 1.34 bits per heavy atom.